The summed E-state index contributed by atoms with van der Waals surface area (Å²) in [5, 5.41) is 0. The summed E-state index contributed by atoms with van der Waals surface area (Å²) in [6.45, 7) is 1.61. The molecule has 1 fully saturated rings. The fourth-order valence-electron chi connectivity index (χ4n) is 1.92. The van der Waals surface area contributed by atoms with Crippen LogP contribution in [0.2, 0.25) is 0 Å². The standard InChI is InChI=1S/C9H17NO3S/c1-7(11)8-3-5-9(6-4-8)10-14(2,12)13/h8-10H,3-6H2,1-2H3. The number of carbonyl (C=O) groups is 1. The first kappa shape index (κ1) is 11.7. The molecule has 0 aromatic heterocycles. The predicted molar refractivity (Wildman–Crippen MR) is 54.4 cm³/mol. The normalized spacial score (nSPS) is 28.7. The van der Waals surface area contributed by atoms with Gasteiger partial charge in [0.05, 0.1) is 6.26 Å². The number of carbonyl (C=O) groups excluding carboxylic acids is 1. The summed E-state index contributed by atoms with van der Waals surface area (Å²) in [7, 11) is -3.10. The number of hydrogen-bond acceptors (Lipinski definition) is 3. The number of Topliss-reactive ketones (excluding diaryl/α,β-unsaturated/α-hetero) is 1. The molecule has 5 heteroatoms. The Kier molecular flexibility index (Phi) is 3.66. The molecule has 1 saturated carbocycles. The molecular formula is C9H17NO3S. The SMILES string of the molecule is CC(=O)C1CCC(NS(C)(=O)=O)CC1. The smallest absolute Gasteiger partial charge is 0.208 e. The van der Waals surface area contributed by atoms with Crippen molar-refractivity contribution in [2.24, 2.45) is 5.92 Å². The van der Waals surface area contributed by atoms with Crippen molar-refractivity contribution >= 4 is 15.8 Å². The van der Waals surface area contributed by atoms with Crippen LogP contribution in [-0.4, -0.2) is 26.5 Å². The molecule has 0 aliphatic heterocycles. The maximum Gasteiger partial charge on any atom is 0.208 e. The highest BCUT2D eigenvalue weighted by atomic mass is 32.2. The van der Waals surface area contributed by atoms with Crippen LogP contribution in [0.5, 0.6) is 0 Å². The van der Waals surface area contributed by atoms with Gasteiger partial charge in [0.15, 0.2) is 0 Å². The highest BCUT2D eigenvalue weighted by Gasteiger charge is 2.25. The molecule has 0 aromatic rings. The van der Waals surface area contributed by atoms with Gasteiger partial charge in [-0.3, -0.25) is 4.79 Å². The fraction of sp³-hybridized carbons (Fsp3) is 0.889. The summed E-state index contributed by atoms with van der Waals surface area (Å²) in [6.07, 6.45) is 4.34. The van der Waals surface area contributed by atoms with E-state index in [1.807, 2.05) is 0 Å². The van der Waals surface area contributed by atoms with Gasteiger partial charge in [-0.25, -0.2) is 13.1 Å². The summed E-state index contributed by atoms with van der Waals surface area (Å²) < 4.78 is 24.5. The fourth-order valence-corrected chi connectivity index (χ4v) is 2.76. The average Bonchev–Trinajstić information content (AvgIpc) is 2.02. The Hall–Kier alpha value is -0.420. The Bertz CT molecular complexity index is 302. The number of ketones is 1. The highest BCUT2D eigenvalue weighted by Crippen LogP contribution is 2.25. The topological polar surface area (TPSA) is 63.2 Å². The largest absolute Gasteiger partial charge is 0.300 e. The van der Waals surface area contributed by atoms with E-state index in [-0.39, 0.29) is 17.7 Å². The zero-order chi connectivity index (χ0) is 10.8. The molecule has 82 valence electrons. The van der Waals surface area contributed by atoms with Crippen molar-refractivity contribution in [3.63, 3.8) is 0 Å². The molecule has 0 amide bonds. The van der Waals surface area contributed by atoms with Gasteiger partial charge in [0.1, 0.15) is 5.78 Å². The van der Waals surface area contributed by atoms with Crippen LogP contribution in [0.15, 0.2) is 0 Å². The van der Waals surface area contributed by atoms with E-state index in [4.69, 9.17) is 0 Å². The van der Waals surface area contributed by atoms with Gasteiger partial charge >= 0.3 is 0 Å². The van der Waals surface area contributed by atoms with Gasteiger partial charge in [0.25, 0.3) is 0 Å². The second kappa shape index (κ2) is 4.40. The molecule has 1 aliphatic rings. The van der Waals surface area contributed by atoms with E-state index in [9.17, 15) is 13.2 Å². The Morgan fingerprint density at radius 3 is 2.07 bits per heavy atom. The van der Waals surface area contributed by atoms with E-state index in [0.29, 0.717) is 0 Å². The quantitative estimate of drug-likeness (QED) is 0.759. The zero-order valence-corrected chi connectivity index (χ0v) is 9.43. The molecule has 0 bridgehead atoms. The lowest BCUT2D eigenvalue weighted by atomic mass is 9.84. The van der Waals surface area contributed by atoms with Crippen molar-refractivity contribution < 1.29 is 13.2 Å². The second-order valence-corrected chi connectivity index (χ2v) is 5.83. The third-order valence-electron chi connectivity index (χ3n) is 2.68. The van der Waals surface area contributed by atoms with Crippen molar-refractivity contribution in [2.45, 2.75) is 38.6 Å². The Labute approximate surface area is 85.1 Å². The lowest BCUT2D eigenvalue weighted by Crippen LogP contribution is -2.37. The molecule has 0 spiro atoms. The monoisotopic (exact) mass is 219 g/mol. The summed E-state index contributed by atoms with van der Waals surface area (Å²) in [5.41, 5.74) is 0. The van der Waals surface area contributed by atoms with Gasteiger partial charge < -0.3 is 0 Å². The molecule has 0 atom stereocenters. The third kappa shape index (κ3) is 3.75. The molecular weight excluding hydrogens is 202 g/mol. The molecule has 0 unspecified atom stereocenters. The van der Waals surface area contributed by atoms with E-state index >= 15 is 0 Å². The Morgan fingerprint density at radius 2 is 1.71 bits per heavy atom. The van der Waals surface area contributed by atoms with Gasteiger partial charge in [-0.2, -0.15) is 0 Å². The van der Waals surface area contributed by atoms with Crippen LogP contribution in [0, 0.1) is 5.92 Å². The minimum atomic E-state index is -3.10. The van der Waals surface area contributed by atoms with Crippen LogP contribution in [-0.2, 0) is 14.8 Å². The van der Waals surface area contributed by atoms with Gasteiger partial charge in [0.2, 0.25) is 10.0 Å². The number of rotatable bonds is 3. The minimum absolute atomic E-state index is 0.0283. The highest BCUT2D eigenvalue weighted by molar-refractivity contribution is 7.88. The lowest BCUT2D eigenvalue weighted by Gasteiger charge is -2.26. The van der Waals surface area contributed by atoms with Crippen molar-refractivity contribution in [1.29, 1.82) is 0 Å². The predicted octanol–water partition coefficient (Wildman–Crippen LogP) is 0.683. The van der Waals surface area contributed by atoms with Crippen molar-refractivity contribution in [2.75, 3.05) is 6.26 Å². The van der Waals surface area contributed by atoms with Crippen LogP contribution in [0.25, 0.3) is 0 Å². The average molecular weight is 219 g/mol. The first-order chi connectivity index (χ1) is 6.38. The van der Waals surface area contributed by atoms with E-state index in [1.165, 1.54) is 6.26 Å². The van der Waals surface area contributed by atoms with Crippen LogP contribution in [0.1, 0.15) is 32.6 Å². The van der Waals surface area contributed by atoms with Gasteiger partial charge in [-0.05, 0) is 32.6 Å². The third-order valence-corrected chi connectivity index (χ3v) is 3.44. The molecule has 1 rings (SSSR count). The molecule has 0 saturated heterocycles. The summed E-state index contributed by atoms with van der Waals surface area (Å²) >= 11 is 0. The first-order valence-corrected chi connectivity index (χ1v) is 6.75. The minimum Gasteiger partial charge on any atom is -0.300 e. The van der Waals surface area contributed by atoms with Crippen molar-refractivity contribution in [3.05, 3.63) is 0 Å². The van der Waals surface area contributed by atoms with Gasteiger partial charge in [0, 0.05) is 12.0 Å². The van der Waals surface area contributed by atoms with E-state index in [2.05, 4.69) is 4.72 Å². The summed E-state index contributed by atoms with van der Waals surface area (Å²) in [4.78, 5) is 11.1. The molecule has 1 aliphatic carbocycles. The Morgan fingerprint density at radius 1 is 1.21 bits per heavy atom. The molecule has 14 heavy (non-hydrogen) atoms. The number of nitrogens with one attached hydrogen (secondary N) is 1. The molecule has 0 heterocycles. The first-order valence-electron chi connectivity index (χ1n) is 4.86. The molecule has 0 aromatic carbocycles. The summed E-state index contributed by atoms with van der Waals surface area (Å²) in [6, 6.07) is 0.0283. The molecule has 4 nitrogen and oxygen atoms in total. The van der Waals surface area contributed by atoms with E-state index in [1.54, 1.807) is 6.92 Å². The van der Waals surface area contributed by atoms with Gasteiger partial charge in [-0.15, -0.1) is 0 Å². The number of hydrogen-bond donors (Lipinski definition) is 1. The van der Waals surface area contributed by atoms with Gasteiger partial charge in [-0.1, -0.05) is 0 Å². The van der Waals surface area contributed by atoms with E-state index in [0.717, 1.165) is 25.7 Å². The number of sulfonamides is 1. The van der Waals surface area contributed by atoms with Crippen molar-refractivity contribution in [3.8, 4) is 0 Å². The molecule has 0 radical (unpaired) electrons. The van der Waals surface area contributed by atoms with Crippen LogP contribution in [0.3, 0.4) is 0 Å². The van der Waals surface area contributed by atoms with E-state index < -0.39 is 10.0 Å². The van der Waals surface area contributed by atoms with Crippen LogP contribution >= 0.6 is 0 Å². The summed E-state index contributed by atoms with van der Waals surface area (Å²) in [5.74, 6) is 0.371. The lowest BCUT2D eigenvalue weighted by molar-refractivity contribution is -0.121. The molecule has 1 N–H and O–H groups in total. The van der Waals surface area contributed by atoms with Crippen molar-refractivity contribution in [1.82, 2.24) is 4.72 Å². The Balaban J connectivity index is 2.40. The maximum atomic E-state index is 11.1. The van der Waals surface area contributed by atoms with Crippen LogP contribution in [0.4, 0.5) is 0 Å². The zero-order valence-electron chi connectivity index (χ0n) is 8.62. The maximum absolute atomic E-state index is 11.1. The van der Waals surface area contributed by atoms with Crippen LogP contribution < -0.4 is 4.72 Å². The second-order valence-electron chi connectivity index (χ2n) is 4.05.